The summed E-state index contributed by atoms with van der Waals surface area (Å²) < 4.78 is 13.9. The average molecular weight is 310 g/mol. The molecule has 1 fully saturated rings. The number of benzene rings is 1. The normalized spacial score (nSPS) is 17.8. The first-order chi connectivity index (χ1) is 11.2. The lowest BCUT2D eigenvalue weighted by molar-refractivity contribution is 0.313. The summed E-state index contributed by atoms with van der Waals surface area (Å²) >= 11 is 0. The third-order valence-electron chi connectivity index (χ3n) is 4.18. The van der Waals surface area contributed by atoms with Gasteiger partial charge in [0, 0.05) is 31.4 Å². The van der Waals surface area contributed by atoms with Crippen molar-refractivity contribution in [3.8, 4) is 6.07 Å². The molecule has 1 unspecified atom stereocenters. The predicted molar refractivity (Wildman–Crippen MR) is 87.2 cm³/mol. The van der Waals surface area contributed by atoms with Gasteiger partial charge in [0.05, 0.1) is 11.6 Å². The van der Waals surface area contributed by atoms with Gasteiger partial charge in [0.15, 0.2) is 0 Å². The Kier molecular flexibility index (Phi) is 4.84. The zero-order valence-corrected chi connectivity index (χ0v) is 12.9. The molecule has 0 spiro atoms. The van der Waals surface area contributed by atoms with Crippen LogP contribution in [0.3, 0.4) is 0 Å². The molecule has 1 saturated heterocycles. The van der Waals surface area contributed by atoms with Gasteiger partial charge in [-0.05, 0) is 49.2 Å². The molecule has 1 atom stereocenters. The minimum absolute atomic E-state index is 0.237. The maximum atomic E-state index is 13.9. The zero-order chi connectivity index (χ0) is 16.1. The molecule has 23 heavy (non-hydrogen) atoms. The third kappa shape index (κ3) is 4.05. The molecule has 2 heterocycles. The fraction of sp³-hybridized carbons (Fsp3) is 0.333. The molecular weight excluding hydrogens is 291 g/mol. The number of nitrogens with one attached hydrogen (secondary N) is 1. The van der Waals surface area contributed by atoms with Gasteiger partial charge < -0.3 is 5.32 Å². The Labute approximate surface area is 135 Å². The maximum absolute atomic E-state index is 13.9. The average Bonchev–Trinajstić information content (AvgIpc) is 3.03. The van der Waals surface area contributed by atoms with Gasteiger partial charge in [0.2, 0.25) is 0 Å². The standard InChI is InChI=1S/C18H19FN4/c19-17-5-4-14(10-20)9-16(17)13-23-8-6-15(12-23)11-22-18-3-1-2-7-21-18/h1-5,7,9,15H,6,8,11-13H2,(H,21,22). The van der Waals surface area contributed by atoms with Gasteiger partial charge >= 0.3 is 0 Å². The van der Waals surface area contributed by atoms with Gasteiger partial charge in [-0.1, -0.05) is 6.07 Å². The van der Waals surface area contributed by atoms with Crippen LogP contribution in [0.15, 0.2) is 42.6 Å². The Hall–Kier alpha value is -2.45. The van der Waals surface area contributed by atoms with Crippen LogP contribution in [-0.2, 0) is 6.54 Å². The third-order valence-corrected chi connectivity index (χ3v) is 4.18. The highest BCUT2D eigenvalue weighted by Gasteiger charge is 2.23. The summed E-state index contributed by atoms with van der Waals surface area (Å²) in [5.41, 5.74) is 1.11. The number of likely N-dealkylation sites (tertiary alicyclic amines) is 1. The number of rotatable bonds is 5. The summed E-state index contributed by atoms with van der Waals surface area (Å²) in [6.07, 6.45) is 2.85. The van der Waals surface area contributed by atoms with Crippen molar-refractivity contribution in [1.82, 2.24) is 9.88 Å². The molecule has 5 heteroatoms. The van der Waals surface area contributed by atoms with Crippen LogP contribution in [0.5, 0.6) is 0 Å². The van der Waals surface area contributed by atoms with Crippen molar-refractivity contribution >= 4 is 5.82 Å². The largest absolute Gasteiger partial charge is 0.370 e. The van der Waals surface area contributed by atoms with Crippen molar-refractivity contribution in [2.75, 3.05) is 25.0 Å². The van der Waals surface area contributed by atoms with E-state index in [4.69, 9.17) is 5.26 Å². The zero-order valence-electron chi connectivity index (χ0n) is 12.9. The second kappa shape index (κ2) is 7.21. The van der Waals surface area contributed by atoms with Crippen LogP contribution in [0, 0.1) is 23.1 Å². The number of halogens is 1. The fourth-order valence-electron chi connectivity index (χ4n) is 2.95. The lowest BCUT2D eigenvalue weighted by Gasteiger charge is -2.17. The van der Waals surface area contributed by atoms with Crippen molar-refractivity contribution < 1.29 is 4.39 Å². The lowest BCUT2D eigenvalue weighted by Crippen LogP contribution is -2.23. The van der Waals surface area contributed by atoms with E-state index in [-0.39, 0.29) is 5.82 Å². The van der Waals surface area contributed by atoms with E-state index in [0.717, 1.165) is 31.9 Å². The Morgan fingerprint density at radius 3 is 3.04 bits per heavy atom. The lowest BCUT2D eigenvalue weighted by atomic mass is 10.1. The molecule has 1 aromatic carbocycles. The van der Waals surface area contributed by atoms with Crippen LogP contribution >= 0.6 is 0 Å². The highest BCUT2D eigenvalue weighted by atomic mass is 19.1. The minimum Gasteiger partial charge on any atom is -0.370 e. The molecule has 3 rings (SSSR count). The number of pyridine rings is 1. The van der Waals surface area contributed by atoms with Crippen molar-refractivity contribution in [2.45, 2.75) is 13.0 Å². The van der Waals surface area contributed by atoms with Gasteiger partial charge in [-0.25, -0.2) is 9.37 Å². The molecule has 0 amide bonds. The molecule has 0 aliphatic carbocycles. The molecular formula is C18H19FN4. The summed E-state index contributed by atoms with van der Waals surface area (Å²) in [5.74, 6) is 1.18. The number of nitriles is 1. The van der Waals surface area contributed by atoms with Gasteiger partial charge in [-0.3, -0.25) is 4.90 Å². The molecule has 4 nitrogen and oxygen atoms in total. The SMILES string of the molecule is N#Cc1ccc(F)c(CN2CCC(CNc3ccccn3)C2)c1. The van der Waals surface area contributed by atoms with E-state index in [0.29, 0.717) is 23.6 Å². The smallest absolute Gasteiger partial charge is 0.127 e. The predicted octanol–water partition coefficient (Wildman–Crippen LogP) is 3.03. The molecule has 1 aliphatic rings. The summed E-state index contributed by atoms with van der Waals surface area (Å²) in [6.45, 7) is 3.30. The van der Waals surface area contributed by atoms with E-state index in [2.05, 4.69) is 21.3 Å². The Morgan fingerprint density at radius 2 is 2.26 bits per heavy atom. The van der Waals surface area contributed by atoms with Crippen molar-refractivity contribution in [2.24, 2.45) is 5.92 Å². The minimum atomic E-state index is -0.237. The van der Waals surface area contributed by atoms with E-state index in [1.54, 1.807) is 12.3 Å². The molecule has 118 valence electrons. The van der Waals surface area contributed by atoms with Crippen molar-refractivity contribution in [3.05, 3.63) is 59.5 Å². The number of aromatic nitrogens is 1. The second-order valence-electron chi connectivity index (χ2n) is 5.90. The molecule has 1 aliphatic heterocycles. The molecule has 0 radical (unpaired) electrons. The van der Waals surface area contributed by atoms with Crippen LogP contribution in [0.4, 0.5) is 10.2 Å². The maximum Gasteiger partial charge on any atom is 0.127 e. The summed E-state index contributed by atoms with van der Waals surface area (Å²) in [4.78, 5) is 6.49. The van der Waals surface area contributed by atoms with E-state index < -0.39 is 0 Å². The Bertz CT molecular complexity index is 696. The van der Waals surface area contributed by atoms with E-state index in [9.17, 15) is 4.39 Å². The fourth-order valence-corrected chi connectivity index (χ4v) is 2.95. The van der Waals surface area contributed by atoms with Crippen molar-refractivity contribution in [3.63, 3.8) is 0 Å². The van der Waals surface area contributed by atoms with Gasteiger partial charge in [-0.2, -0.15) is 5.26 Å². The van der Waals surface area contributed by atoms with Crippen molar-refractivity contribution in [1.29, 1.82) is 5.26 Å². The van der Waals surface area contributed by atoms with Crippen LogP contribution in [0.2, 0.25) is 0 Å². The number of hydrogen-bond donors (Lipinski definition) is 1. The van der Waals surface area contributed by atoms with Crippen LogP contribution in [0.1, 0.15) is 17.5 Å². The molecule has 0 bridgehead atoms. The van der Waals surface area contributed by atoms with E-state index in [1.165, 1.54) is 12.1 Å². The molecule has 1 N–H and O–H groups in total. The number of anilines is 1. The Balaban J connectivity index is 1.53. The van der Waals surface area contributed by atoms with E-state index in [1.807, 2.05) is 18.2 Å². The first-order valence-electron chi connectivity index (χ1n) is 7.80. The number of nitrogens with zero attached hydrogens (tertiary/aromatic N) is 3. The first-order valence-corrected chi connectivity index (χ1v) is 7.80. The van der Waals surface area contributed by atoms with E-state index >= 15 is 0 Å². The number of hydrogen-bond acceptors (Lipinski definition) is 4. The Morgan fingerprint density at radius 1 is 1.35 bits per heavy atom. The summed E-state index contributed by atoms with van der Waals surface area (Å²) in [6, 6.07) is 12.4. The first kappa shape index (κ1) is 15.4. The highest BCUT2D eigenvalue weighted by molar-refractivity contribution is 5.34. The van der Waals surface area contributed by atoms with Gasteiger partial charge in [0.1, 0.15) is 11.6 Å². The summed E-state index contributed by atoms with van der Waals surface area (Å²) in [7, 11) is 0. The summed E-state index contributed by atoms with van der Waals surface area (Å²) in [5, 5.41) is 12.3. The highest BCUT2D eigenvalue weighted by Crippen LogP contribution is 2.21. The quantitative estimate of drug-likeness (QED) is 0.922. The molecule has 1 aromatic heterocycles. The second-order valence-corrected chi connectivity index (χ2v) is 5.90. The topological polar surface area (TPSA) is 52.0 Å². The van der Waals surface area contributed by atoms with Crippen LogP contribution in [-0.4, -0.2) is 29.5 Å². The van der Waals surface area contributed by atoms with Gasteiger partial charge in [0.25, 0.3) is 0 Å². The van der Waals surface area contributed by atoms with Crippen LogP contribution in [0.25, 0.3) is 0 Å². The molecule has 2 aromatic rings. The van der Waals surface area contributed by atoms with Gasteiger partial charge in [-0.15, -0.1) is 0 Å². The molecule has 0 saturated carbocycles. The van der Waals surface area contributed by atoms with Crippen LogP contribution < -0.4 is 5.32 Å². The monoisotopic (exact) mass is 310 g/mol.